The van der Waals surface area contributed by atoms with Gasteiger partial charge in [0.25, 0.3) is 0 Å². The number of aromatic nitrogens is 7. The van der Waals surface area contributed by atoms with E-state index in [0.717, 1.165) is 83.7 Å². The predicted molar refractivity (Wildman–Crippen MR) is 339 cm³/mol. The standard InChI is InChI=1S/C75H47N7/c1-3-19-49(20-4-1)73-76-74(50-21-5-2-6-22-50)78-75(77-73)51-37-35-48(36-38-51)52-39-44-69(72(45-52)81-66-32-16-10-25-57(66)58-26-11-17-33-67(58)81)82-68-34-18-12-28-60(68)62-43-41-54(47-71(62)82)80-65-31-15-9-27-59(65)61-42-40-53(46-70(61)80)79-63-29-13-7-23-55(63)56-24-8-14-30-64(56)79/h1-47H. The summed E-state index contributed by atoms with van der Waals surface area (Å²) in [4.78, 5) is 15.1. The molecule has 7 heteroatoms. The monoisotopic (exact) mass is 1050 g/mol. The molecule has 0 fully saturated rings. The summed E-state index contributed by atoms with van der Waals surface area (Å²) in [5.41, 5.74) is 18.5. The average Bonchev–Trinajstić information content (AvgIpc) is 4.45. The van der Waals surface area contributed by atoms with E-state index in [1.165, 1.54) is 54.1 Å². The molecular weight excluding hydrogens is 999 g/mol. The summed E-state index contributed by atoms with van der Waals surface area (Å²) < 4.78 is 9.84. The van der Waals surface area contributed by atoms with Crippen molar-refractivity contribution in [3.05, 3.63) is 285 Å². The van der Waals surface area contributed by atoms with Crippen LogP contribution in [0.2, 0.25) is 0 Å². The van der Waals surface area contributed by atoms with Crippen LogP contribution >= 0.6 is 0 Å². The molecule has 12 aromatic carbocycles. The third-order valence-electron chi connectivity index (χ3n) is 16.6. The molecule has 0 bridgehead atoms. The Bertz CT molecular complexity index is 5230. The van der Waals surface area contributed by atoms with Crippen LogP contribution in [0, 0.1) is 0 Å². The Kier molecular flexibility index (Phi) is 10.2. The van der Waals surface area contributed by atoms with Gasteiger partial charge in [-0.2, -0.15) is 0 Å². The van der Waals surface area contributed by atoms with Crippen LogP contribution in [0.15, 0.2) is 285 Å². The number of para-hydroxylation sites is 6. The van der Waals surface area contributed by atoms with Crippen molar-refractivity contribution in [2.45, 2.75) is 0 Å². The molecule has 7 nitrogen and oxygen atoms in total. The van der Waals surface area contributed by atoms with Crippen LogP contribution in [0.25, 0.3) is 155 Å². The second kappa shape index (κ2) is 18.2. The van der Waals surface area contributed by atoms with Crippen LogP contribution in [0.3, 0.4) is 0 Å². The van der Waals surface area contributed by atoms with E-state index in [2.05, 4.69) is 243 Å². The Morgan fingerprint density at radius 2 is 0.476 bits per heavy atom. The quantitative estimate of drug-likeness (QED) is 0.152. The maximum atomic E-state index is 5.05. The first-order valence-electron chi connectivity index (χ1n) is 27.8. The minimum atomic E-state index is 0.621. The van der Waals surface area contributed by atoms with Crippen molar-refractivity contribution in [3.63, 3.8) is 0 Å². The van der Waals surface area contributed by atoms with Crippen molar-refractivity contribution < 1.29 is 0 Å². The van der Waals surface area contributed by atoms with Crippen LogP contribution in [0.5, 0.6) is 0 Å². The number of nitrogens with zero attached hydrogens (tertiary/aromatic N) is 7. The molecule has 0 unspecified atom stereocenters. The smallest absolute Gasteiger partial charge is 0.164 e. The van der Waals surface area contributed by atoms with Crippen molar-refractivity contribution in [3.8, 4) is 68.0 Å². The van der Waals surface area contributed by atoms with Crippen LogP contribution < -0.4 is 0 Å². The summed E-state index contributed by atoms with van der Waals surface area (Å²) in [6.07, 6.45) is 0. The maximum Gasteiger partial charge on any atom is 0.164 e. The van der Waals surface area contributed by atoms with E-state index in [1.54, 1.807) is 0 Å². The molecule has 5 heterocycles. The van der Waals surface area contributed by atoms with E-state index < -0.39 is 0 Å². The summed E-state index contributed by atoms with van der Waals surface area (Å²) in [5, 5.41) is 9.70. The van der Waals surface area contributed by atoms with Crippen LogP contribution in [0.1, 0.15) is 0 Å². The van der Waals surface area contributed by atoms with Crippen LogP contribution in [-0.2, 0) is 0 Å². The third kappa shape index (κ3) is 7.06. The van der Waals surface area contributed by atoms with Crippen molar-refractivity contribution in [1.29, 1.82) is 0 Å². The summed E-state index contributed by atoms with van der Waals surface area (Å²) in [6.45, 7) is 0. The van der Waals surface area contributed by atoms with Crippen molar-refractivity contribution in [1.82, 2.24) is 33.2 Å². The fraction of sp³-hybridized carbons (Fsp3) is 0. The molecule has 0 atom stereocenters. The van der Waals surface area contributed by atoms with Gasteiger partial charge in [-0.25, -0.2) is 15.0 Å². The molecule has 0 N–H and O–H groups in total. The van der Waals surface area contributed by atoms with Gasteiger partial charge in [-0.1, -0.05) is 212 Å². The number of hydrogen-bond acceptors (Lipinski definition) is 3. The van der Waals surface area contributed by atoms with Gasteiger partial charge < -0.3 is 18.3 Å². The Balaban J connectivity index is 0.869. The first-order valence-corrected chi connectivity index (χ1v) is 27.8. The highest BCUT2D eigenvalue weighted by Gasteiger charge is 2.23. The number of benzene rings is 12. The molecule has 0 saturated heterocycles. The first-order chi connectivity index (χ1) is 40.7. The van der Waals surface area contributed by atoms with Gasteiger partial charge in [-0.05, 0) is 83.9 Å². The minimum Gasteiger partial charge on any atom is -0.309 e. The Morgan fingerprint density at radius 3 is 0.890 bits per heavy atom. The minimum absolute atomic E-state index is 0.621. The summed E-state index contributed by atoms with van der Waals surface area (Å²) in [7, 11) is 0. The number of fused-ring (bicyclic) bond motifs is 12. The molecule has 5 aromatic heterocycles. The highest BCUT2D eigenvalue weighted by Crippen LogP contribution is 2.43. The van der Waals surface area contributed by atoms with Crippen molar-refractivity contribution >= 4 is 87.2 Å². The summed E-state index contributed by atoms with van der Waals surface area (Å²) in [5.74, 6) is 1.89. The van der Waals surface area contributed by atoms with Gasteiger partial charge in [0, 0.05) is 71.2 Å². The molecule has 0 aliphatic rings. The Morgan fingerprint density at radius 1 is 0.183 bits per heavy atom. The summed E-state index contributed by atoms with van der Waals surface area (Å²) >= 11 is 0. The van der Waals surface area contributed by atoms with Gasteiger partial charge in [-0.15, -0.1) is 0 Å². The van der Waals surface area contributed by atoms with Crippen molar-refractivity contribution in [2.75, 3.05) is 0 Å². The lowest BCUT2D eigenvalue weighted by atomic mass is 10.0. The molecule has 382 valence electrons. The third-order valence-corrected chi connectivity index (χ3v) is 16.6. The molecular formula is C75H47N7. The first kappa shape index (κ1) is 45.8. The van der Waals surface area contributed by atoms with Gasteiger partial charge in [0.1, 0.15) is 0 Å². The van der Waals surface area contributed by atoms with Gasteiger partial charge in [0.2, 0.25) is 0 Å². The summed E-state index contributed by atoms with van der Waals surface area (Å²) in [6, 6.07) is 103. The molecule has 17 rings (SSSR count). The van der Waals surface area contributed by atoms with E-state index >= 15 is 0 Å². The van der Waals surface area contributed by atoms with E-state index in [0.29, 0.717) is 17.5 Å². The van der Waals surface area contributed by atoms with Crippen LogP contribution in [-0.4, -0.2) is 33.2 Å². The molecule has 82 heavy (non-hydrogen) atoms. The zero-order chi connectivity index (χ0) is 53.8. The van der Waals surface area contributed by atoms with Crippen LogP contribution in [0.4, 0.5) is 0 Å². The SMILES string of the molecule is c1ccc(-c2nc(-c3ccccc3)nc(-c3ccc(-c4ccc(-n5c6ccccc6c6ccc(-n7c8ccccc8c8ccc(-n9c%10ccccc%10c%10ccccc%109)cc87)cc65)c(-n5c6ccccc6c6ccccc65)c4)cc3)n2)cc1. The molecule has 0 spiro atoms. The maximum absolute atomic E-state index is 5.05. The zero-order valence-corrected chi connectivity index (χ0v) is 44.3. The van der Waals surface area contributed by atoms with Gasteiger partial charge in [-0.3, -0.25) is 0 Å². The topological polar surface area (TPSA) is 58.4 Å². The Labute approximate surface area is 471 Å². The molecule has 0 aliphatic carbocycles. The van der Waals surface area contributed by atoms with Crippen molar-refractivity contribution in [2.24, 2.45) is 0 Å². The predicted octanol–water partition coefficient (Wildman–Crippen LogP) is 18.9. The molecule has 0 aliphatic heterocycles. The van der Waals surface area contributed by atoms with Gasteiger partial charge in [0.05, 0.1) is 55.5 Å². The molecule has 0 amide bonds. The fourth-order valence-corrected chi connectivity index (χ4v) is 12.9. The van der Waals surface area contributed by atoms with E-state index in [4.69, 9.17) is 15.0 Å². The van der Waals surface area contributed by atoms with E-state index in [1.807, 2.05) is 60.7 Å². The largest absolute Gasteiger partial charge is 0.309 e. The second-order valence-electron chi connectivity index (χ2n) is 21.2. The van der Waals surface area contributed by atoms with Gasteiger partial charge >= 0.3 is 0 Å². The second-order valence-corrected chi connectivity index (χ2v) is 21.2. The van der Waals surface area contributed by atoms with E-state index in [9.17, 15) is 0 Å². The molecule has 17 aromatic rings. The molecule has 0 radical (unpaired) electrons. The Hall–Kier alpha value is -11.2. The average molecular weight is 1050 g/mol. The molecule has 0 saturated carbocycles. The number of rotatable bonds is 8. The lowest BCUT2D eigenvalue weighted by Gasteiger charge is -2.19. The van der Waals surface area contributed by atoms with Gasteiger partial charge in [0.15, 0.2) is 17.5 Å². The normalized spacial score (nSPS) is 11.9. The van der Waals surface area contributed by atoms with E-state index in [-0.39, 0.29) is 0 Å². The fourth-order valence-electron chi connectivity index (χ4n) is 12.9. The number of hydrogen-bond donors (Lipinski definition) is 0. The lowest BCUT2D eigenvalue weighted by molar-refractivity contribution is 1.07. The highest BCUT2D eigenvalue weighted by atomic mass is 15.1. The lowest BCUT2D eigenvalue weighted by Crippen LogP contribution is -2.04. The zero-order valence-electron chi connectivity index (χ0n) is 44.3. The highest BCUT2D eigenvalue weighted by molar-refractivity contribution is 6.14.